The predicted octanol–water partition coefficient (Wildman–Crippen LogP) is 9.51. The number of fused-ring (bicyclic) bond motifs is 12. The first kappa shape index (κ1) is 36.2. The fourth-order valence-electron chi connectivity index (χ4n) is 8.12. The van der Waals surface area contributed by atoms with E-state index in [1.54, 1.807) is 42.2 Å². The van der Waals surface area contributed by atoms with Gasteiger partial charge in [0, 0.05) is 65.2 Å². The summed E-state index contributed by atoms with van der Waals surface area (Å²) >= 11 is 0. The van der Waals surface area contributed by atoms with Gasteiger partial charge in [-0.1, -0.05) is 0 Å². The smallest absolute Gasteiger partial charge is 0.171 e. The molecule has 0 bridgehead atoms. The second kappa shape index (κ2) is 14.1. The zero-order chi connectivity index (χ0) is 41.4. The second-order valence-electron chi connectivity index (χ2n) is 14.6. The first-order valence-corrected chi connectivity index (χ1v) is 19.3. The number of hydrogen-bond acceptors (Lipinski definition) is 7. The number of halogens is 4. The summed E-state index contributed by atoms with van der Waals surface area (Å²) in [5.41, 5.74) is 6.18. The lowest BCUT2D eigenvalue weighted by molar-refractivity contribution is 0.285. The Morgan fingerprint density at radius 2 is 0.934 bits per heavy atom. The zero-order valence-electron chi connectivity index (χ0n) is 32.0. The molecule has 6 heterocycles. The van der Waals surface area contributed by atoms with Crippen LogP contribution >= 0.6 is 0 Å². The van der Waals surface area contributed by atoms with E-state index in [-0.39, 0.29) is 29.9 Å². The van der Waals surface area contributed by atoms with Crippen molar-refractivity contribution in [3.8, 4) is 11.5 Å². The predicted molar refractivity (Wildman–Crippen MR) is 224 cm³/mol. The van der Waals surface area contributed by atoms with Crippen LogP contribution in [-0.4, -0.2) is 68.1 Å². The Morgan fingerprint density at radius 3 is 1.30 bits per heavy atom. The minimum atomic E-state index is -0.325. The Labute approximate surface area is 339 Å². The van der Waals surface area contributed by atoms with Crippen molar-refractivity contribution in [3.63, 3.8) is 0 Å². The molecule has 4 N–H and O–H groups in total. The van der Waals surface area contributed by atoms with Gasteiger partial charge in [0.2, 0.25) is 0 Å². The summed E-state index contributed by atoms with van der Waals surface area (Å²) in [5, 5.41) is 22.3. The second-order valence-corrected chi connectivity index (χ2v) is 14.6. The summed E-state index contributed by atoms with van der Waals surface area (Å²) in [7, 11) is 0. The van der Waals surface area contributed by atoms with Crippen molar-refractivity contribution >= 4 is 87.2 Å². The Morgan fingerprint density at radius 1 is 0.525 bits per heavy atom. The number of rotatable bonds is 8. The number of H-pyrrole nitrogens is 4. The molecule has 0 aliphatic carbocycles. The van der Waals surface area contributed by atoms with E-state index in [9.17, 15) is 17.6 Å². The number of hydrogen-bond donors (Lipinski definition) is 4. The minimum absolute atomic E-state index is 0.289. The molecule has 0 saturated carbocycles. The number of ether oxygens (including phenoxy) is 2. The lowest BCUT2D eigenvalue weighted by Gasteiger charge is -2.09. The van der Waals surface area contributed by atoms with Crippen LogP contribution in [0.3, 0.4) is 0 Å². The van der Waals surface area contributed by atoms with Gasteiger partial charge in [0.15, 0.2) is 17.3 Å². The average molecular weight is 822 g/mol. The van der Waals surface area contributed by atoms with E-state index >= 15 is 0 Å². The average Bonchev–Trinajstić information content (AvgIpc) is 4.12. The van der Waals surface area contributed by atoms with Gasteiger partial charge in [-0.25, -0.2) is 27.2 Å². The first-order chi connectivity index (χ1) is 29.7. The van der Waals surface area contributed by atoms with Gasteiger partial charge in [-0.15, -0.1) is 10.2 Å². The van der Waals surface area contributed by atoms with Crippen LogP contribution in [0.1, 0.15) is 5.82 Å². The molecule has 0 saturated heterocycles. The van der Waals surface area contributed by atoms with Crippen LogP contribution in [0.2, 0.25) is 0 Å². The van der Waals surface area contributed by atoms with E-state index in [1.165, 1.54) is 59.7 Å². The topological polar surface area (TPSA) is 156 Å². The highest BCUT2D eigenvalue weighted by atomic mass is 19.1. The van der Waals surface area contributed by atoms with E-state index in [1.807, 2.05) is 12.1 Å². The van der Waals surface area contributed by atoms with Crippen molar-refractivity contribution in [2.45, 2.75) is 20.0 Å². The van der Waals surface area contributed by atoms with Crippen LogP contribution in [-0.2, 0) is 13.1 Å². The third-order valence-corrected chi connectivity index (χ3v) is 10.8. The van der Waals surface area contributed by atoms with Gasteiger partial charge in [0.25, 0.3) is 0 Å². The molecule has 12 aromatic rings. The van der Waals surface area contributed by atoms with Crippen molar-refractivity contribution in [3.05, 3.63) is 127 Å². The zero-order valence-corrected chi connectivity index (χ0v) is 32.0. The van der Waals surface area contributed by atoms with Gasteiger partial charge in [-0.05, 0) is 97.1 Å². The maximum atomic E-state index is 14.0. The van der Waals surface area contributed by atoms with Gasteiger partial charge < -0.3 is 29.4 Å². The van der Waals surface area contributed by atoms with E-state index in [4.69, 9.17) is 9.47 Å². The molecule has 0 atom stereocenters. The summed E-state index contributed by atoms with van der Waals surface area (Å²) in [5.74, 6) is 0.486. The van der Waals surface area contributed by atoms with Crippen molar-refractivity contribution in [1.82, 2.24) is 54.9 Å². The highest BCUT2D eigenvalue weighted by molar-refractivity contribution is 6.22. The van der Waals surface area contributed by atoms with Crippen LogP contribution in [0.15, 0.2) is 97.6 Å². The van der Waals surface area contributed by atoms with Crippen LogP contribution in [0.5, 0.6) is 11.5 Å². The molecule has 0 aliphatic rings. The molecule has 0 spiro atoms. The molecule has 0 fully saturated rings. The molecule has 6 aromatic carbocycles. The SMILES string of the molecule is Cc1nnn(CCOc2c3[nH]c4ccc(F)cc4c3cc3c2[nH]c2ccc(F)cc23)n1.Fc1ccc2[nH]c3c(OCCn4cncn4)c4[nH]c5ccc(F)cc5c4cc3c2c1. The molecule has 0 aliphatic heterocycles. The Kier molecular flexibility index (Phi) is 8.36. The Hall–Kier alpha value is -7.95. The number of aromatic nitrogens is 11. The fraction of sp³-hybridized carbons (Fsp3) is 0.114. The summed E-state index contributed by atoms with van der Waals surface area (Å²) in [6.07, 6.45) is 3.09. The van der Waals surface area contributed by atoms with Crippen LogP contribution in [0, 0.1) is 30.2 Å². The quantitative estimate of drug-likeness (QED) is 0.111. The van der Waals surface area contributed by atoms with E-state index in [2.05, 4.69) is 45.4 Å². The van der Waals surface area contributed by atoms with Gasteiger partial charge in [0.05, 0.1) is 35.2 Å². The molecule has 13 nitrogen and oxygen atoms in total. The maximum Gasteiger partial charge on any atom is 0.171 e. The van der Waals surface area contributed by atoms with Crippen LogP contribution in [0.4, 0.5) is 17.6 Å². The van der Waals surface area contributed by atoms with E-state index in [0.29, 0.717) is 37.0 Å². The van der Waals surface area contributed by atoms with Gasteiger partial charge in [-0.3, -0.25) is 0 Å². The van der Waals surface area contributed by atoms with Crippen LogP contribution < -0.4 is 9.47 Å². The largest absolute Gasteiger partial charge is 0.487 e. The fourth-order valence-corrected chi connectivity index (χ4v) is 8.12. The van der Waals surface area contributed by atoms with E-state index in [0.717, 1.165) is 87.2 Å². The monoisotopic (exact) mass is 821 g/mol. The molecular formula is C44H31F4N11O2. The molecular weight excluding hydrogens is 791 g/mol. The summed E-state index contributed by atoms with van der Waals surface area (Å²) in [6.45, 7) is 3.33. The van der Waals surface area contributed by atoms with Crippen molar-refractivity contribution in [2.75, 3.05) is 13.2 Å². The Bertz CT molecular complexity index is 3450. The van der Waals surface area contributed by atoms with Gasteiger partial charge >= 0.3 is 0 Å². The number of tetrazole rings is 1. The lowest BCUT2D eigenvalue weighted by Crippen LogP contribution is -2.11. The number of aromatic amines is 4. The molecule has 12 rings (SSSR count). The molecule has 61 heavy (non-hydrogen) atoms. The summed E-state index contributed by atoms with van der Waals surface area (Å²) < 4.78 is 69.9. The number of aryl methyl sites for hydroxylation is 1. The highest BCUT2D eigenvalue weighted by Gasteiger charge is 2.20. The molecule has 0 amide bonds. The molecule has 6 aromatic heterocycles. The van der Waals surface area contributed by atoms with Crippen LogP contribution in [0.25, 0.3) is 87.2 Å². The van der Waals surface area contributed by atoms with Crippen molar-refractivity contribution in [2.24, 2.45) is 0 Å². The summed E-state index contributed by atoms with van der Waals surface area (Å²) in [6, 6.07) is 22.3. The van der Waals surface area contributed by atoms with E-state index < -0.39 is 0 Å². The highest BCUT2D eigenvalue weighted by Crippen LogP contribution is 2.43. The minimum Gasteiger partial charge on any atom is -0.487 e. The molecule has 17 heteroatoms. The standard InChI is InChI=1S/C22H16F2N6O.C22H15F2N5O/c1-11-27-29-30(28-11)6-7-31-22-20-16(14-8-12(23)2-4-18(14)25-20)10-17-15-9-13(24)3-5-19(15)26-21(17)22;23-12-1-3-18-14(7-12)16-9-17-15-8-13(24)2-4-19(15)28-21(17)22(20(16)27-18)30-6-5-29-11-25-10-26-29/h2-5,8-10,25-26H,6-7H2,1H3;1-4,7-11,27-28H,5-6H2. The number of benzene rings is 6. The lowest BCUT2D eigenvalue weighted by atomic mass is 10.1. The summed E-state index contributed by atoms with van der Waals surface area (Å²) in [4.78, 5) is 18.8. The molecule has 0 radical (unpaired) electrons. The number of nitrogens with one attached hydrogen (secondary N) is 4. The third-order valence-electron chi connectivity index (χ3n) is 10.8. The maximum absolute atomic E-state index is 14.0. The van der Waals surface area contributed by atoms with Crippen molar-refractivity contribution < 1.29 is 27.0 Å². The number of nitrogens with zero attached hydrogens (tertiary/aromatic N) is 7. The van der Waals surface area contributed by atoms with Gasteiger partial charge in [-0.2, -0.15) is 9.90 Å². The third kappa shape index (κ3) is 6.28. The normalized spacial score (nSPS) is 12.0. The molecule has 0 unspecified atom stereocenters. The molecule has 302 valence electrons. The first-order valence-electron chi connectivity index (χ1n) is 19.3. The van der Waals surface area contributed by atoms with Crippen molar-refractivity contribution in [1.29, 1.82) is 0 Å². The van der Waals surface area contributed by atoms with Gasteiger partial charge in [0.1, 0.15) is 49.1 Å². The Balaban J connectivity index is 0.000000138.